The Kier molecular flexibility index (Phi) is 4.17. The first kappa shape index (κ1) is 14.4. The van der Waals surface area contributed by atoms with E-state index in [0.717, 1.165) is 8.95 Å². The number of nitrogen functional groups attached to an aromatic ring is 1. The van der Waals surface area contributed by atoms with Crippen LogP contribution in [0.4, 0.5) is 11.4 Å². The van der Waals surface area contributed by atoms with Gasteiger partial charge in [0, 0.05) is 14.6 Å². The highest BCUT2D eigenvalue weighted by Gasteiger charge is 2.14. The molecule has 7 heteroatoms. The zero-order valence-corrected chi connectivity index (χ0v) is 13.6. The van der Waals surface area contributed by atoms with E-state index in [1.54, 1.807) is 24.3 Å². The summed E-state index contributed by atoms with van der Waals surface area (Å²) in [6.45, 7) is 0. The number of benzene rings is 2. The summed E-state index contributed by atoms with van der Waals surface area (Å²) in [6.07, 6.45) is 0. The molecular weight excluding hydrogens is 396 g/mol. The lowest BCUT2D eigenvalue weighted by Gasteiger charge is -2.09. The Morgan fingerprint density at radius 3 is 2.21 bits per heavy atom. The molecule has 100 valence electrons. The molecule has 0 atom stereocenters. The minimum Gasteiger partial charge on any atom is -0.399 e. The molecule has 0 unspecified atom stereocenters. The molecule has 0 bridgehead atoms. The van der Waals surface area contributed by atoms with Gasteiger partial charge in [-0.1, -0.05) is 37.9 Å². The van der Waals surface area contributed by atoms with Gasteiger partial charge in [0.2, 0.25) is 0 Å². The van der Waals surface area contributed by atoms with Crippen LogP contribution in [0.15, 0.2) is 56.3 Å². The molecule has 0 fully saturated rings. The van der Waals surface area contributed by atoms with Gasteiger partial charge in [-0.2, -0.15) is 0 Å². The van der Waals surface area contributed by atoms with E-state index in [9.17, 15) is 8.42 Å². The Morgan fingerprint density at radius 1 is 1.00 bits per heavy atom. The van der Waals surface area contributed by atoms with Crippen LogP contribution in [0, 0.1) is 0 Å². The number of hydrogen-bond acceptors (Lipinski definition) is 3. The summed E-state index contributed by atoms with van der Waals surface area (Å²) in [4.78, 5) is 0.128. The van der Waals surface area contributed by atoms with Gasteiger partial charge in [-0.15, -0.1) is 0 Å². The number of rotatable bonds is 3. The summed E-state index contributed by atoms with van der Waals surface area (Å²) in [5.41, 5.74) is 6.45. The second-order valence-corrected chi connectivity index (χ2v) is 7.35. The van der Waals surface area contributed by atoms with Gasteiger partial charge >= 0.3 is 0 Å². The van der Waals surface area contributed by atoms with Crippen LogP contribution in [-0.2, 0) is 10.0 Å². The minimum absolute atomic E-state index is 0.128. The van der Waals surface area contributed by atoms with Gasteiger partial charge in [0.25, 0.3) is 10.0 Å². The second kappa shape index (κ2) is 5.52. The van der Waals surface area contributed by atoms with Gasteiger partial charge in [-0.25, -0.2) is 8.42 Å². The molecule has 0 aliphatic rings. The Bertz CT molecular complexity index is 697. The Balaban J connectivity index is 2.36. The summed E-state index contributed by atoms with van der Waals surface area (Å²) in [7, 11) is -3.64. The summed E-state index contributed by atoms with van der Waals surface area (Å²) < 4.78 is 28.4. The summed E-state index contributed by atoms with van der Waals surface area (Å²) in [5.74, 6) is 0. The normalized spacial score (nSPS) is 11.3. The molecule has 4 nitrogen and oxygen atoms in total. The first-order valence-electron chi connectivity index (χ1n) is 5.21. The van der Waals surface area contributed by atoms with Crippen molar-refractivity contribution in [3.8, 4) is 0 Å². The van der Waals surface area contributed by atoms with Crippen molar-refractivity contribution in [2.75, 3.05) is 10.5 Å². The molecule has 0 aromatic heterocycles. The maximum Gasteiger partial charge on any atom is 0.261 e. The number of anilines is 2. The average Bonchev–Trinajstić information content (AvgIpc) is 2.26. The lowest BCUT2D eigenvalue weighted by Crippen LogP contribution is -2.13. The highest BCUT2D eigenvalue weighted by Crippen LogP contribution is 2.25. The van der Waals surface area contributed by atoms with Crippen LogP contribution in [0.2, 0.25) is 0 Å². The van der Waals surface area contributed by atoms with E-state index in [4.69, 9.17) is 5.73 Å². The van der Waals surface area contributed by atoms with Gasteiger partial charge in [0.05, 0.1) is 10.6 Å². The number of sulfonamides is 1. The molecule has 0 saturated carbocycles. The molecule has 0 spiro atoms. The minimum atomic E-state index is -3.64. The summed E-state index contributed by atoms with van der Waals surface area (Å²) >= 11 is 6.61. The van der Waals surface area contributed by atoms with Crippen molar-refractivity contribution in [1.82, 2.24) is 0 Å². The maximum atomic E-state index is 12.2. The van der Waals surface area contributed by atoms with Crippen LogP contribution in [0.3, 0.4) is 0 Å². The van der Waals surface area contributed by atoms with Crippen molar-refractivity contribution < 1.29 is 8.42 Å². The molecule has 2 rings (SSSR count). The fourth-order valence-electron chi connectivity index (χ4n) is 1.51. The maximum absolute atomic E-state index is 12.2. The third-order valence-corrected chi connectivity index (χ3v) is 4.58. The monoisotopic (exact) mass is 404 g/mol. The van der Waals surface area contributed by atoms with Crippen LogP contribution in [0.1, 0.15) is 0 Å². The van der Waals surface area contributed by atoms with Gasteiger partial charge in [0.15, 0.2) is 0 Å². The lowest BCUT2D eigenvalue weighted by molar-refractivity contribution is 0.601. The summed E-state index contributed by atoms with van der Waals surface area (Å²) in [5, 5.41) is 0. The van der Waals surface area contributed by atoms with Crippen LogP contribution in [0.5, 0.6) is 0 Å². The number of nitrogens with one attached hydrogen (secondary N) is 1. The first-order valence-corrected chi connectivity index (χ1v) is 8.28. The zero-order valence-electron chi connectivity index (χ0n) is 9.60. The predicted molar refractivity (Wildman–Crippen MR) is 83.5 cm³/mol. The molecule has 0 heterocycles. The highest BCUT2D eigenvalue weighted by atomic mass is 79.9. The van der Waals surface area contributed by atoms with E-state index in [1.807, 2.05) is 6.07 Å². The van der Waals surface area contributed by atoms with E-state index < -0.39 is 10.0 Å². The second-order valence-electron chi connectivity index (χ2n) is 3.84. The van der Waals surface area contributed by atoms with E-state index in [0.29, 0.717) is 11.4 Å². The molecule has 0 aliphatic heterocycles. The number of halogens is 2. The average molecular weight is 406 g/mol. The van der Waals surface area contributed by atoms with Crippen LogP contribution < -0.4 is 10.5 Å². The molecule has 0 aliphatic carbocycles. The third kappa shape index (κ3) is 3.71. The van der Waals surface area contributed by atoms with Crippen molar-refractivity contribution in [2.45, 2.75) is 4.90 Å². The molecule has 2 aromatic carbocycles. The fraction of sp³-hybridized carbons (Fsp3) is 0. The topological polar surface area (TPSA) is 72.2 Å². The zero-order chi connectivity index (χ0) is 14.0. The molecule has 0 saturated heterocycles. The number of nitrogens with two attached hydrogens (primary N) is 1. The van der Waals surface area contributed by atoms with Gasteiger partial charge < -0.3 is 5.73 Å². The Labute approximate surface area is 128 Å². The van der Waals surface area contributed by atoms with Gasteiger partial charge in [-0.05, 0) is 36.4 Å². The van der Waals surface area contributed by atoms with Crippen molar-refractivity contribution in [3.05, 3.63) is 51.4 Å². The Hall–Kier alpha value is -1.05. The highest BCUT2D eigenvalue weighted by molar-refractivity contribution is 9.11. The molecule has 0 amide bonds. The third-order valence-electron chi connectivity index (χ3n) is 2.28. The Morgan fingerprint density at radius 2 is 1.63 bits per heavy atom. The van der Waals surface area contributed by atoms with E-state index in [-0.39, 0.29) is 4.90 Å². The quantitative estimate of drug-likeness (QED) is 0.766. The van der Waals surface area contributed by atoms with E-state index in [1.165, 1.54) is 12.1 Å². The molecule has 3 N–H and O–H groups in total. The van der Waals surface area contributed by atoms with Crippen LogP contribution >= 0.6 is 31.9 Å². The van der Waals surface area contributed by atoms with Crippen LogP contribution in [0.25, 0.3) is 0 Å². The van der Waals surface area contributed by atoms with Crippen molar-refractivity contribution >= 4 is 53.3 Å². The number of hydrogen-bond donors (Lipinski definition) is 2. The largest absolute Gasteiger partial charge is 0.399 e. The first-order chi connectivity index (χ1) is 8.87. The predicted octanol–water partition coefficient (Wildman–Crippen LogP) is 3.59. The molecular formula is C12H10Br2N2O2S. The van der Waals surface area contributed by atoms with E-state index >= 15 is 0 Å². The molecule has 2 aromatic rings. The van der Waals surface area contributed by atoms with Crippen LogP contribution in [-0.4, -0.2) is 8.42 Å². The SMILES string of the molecule is Nc1cccc(S(=O)(=O)Nc2cc(Br)cc(Br)c2)c1. The molecule has 19 heavy (non-hydrogen) atoms. The molecule has 0 radical (unpaired) electrons. The lowest BCUT2D eigenvalue weighted by atomic mass is 10.3. The summed E-state index contributed by atoms with van der Waals surface area (Å²) in [6, 6.07) is 11.3. The van der Waals surface area contributed by atoms with E-state index in [2.05, 4.69) is 36.6 Å². The van der Waals surface area contributed by atoms with Crippen molar-refractivity contribution in [3.63, 3.8) is 0 Å². The standard InChI is InChI=1S/C12H10Br2N2O2S/c13-8-4-9(14)6-11(5-8)16-19(17,18)12-3-1-2-10(15)7-12/h1-7,16H,15H2. The smallest absolute Gasteiger partial charge is 0.261 e. The van der Waals surface area contributed by atoms with Crippen molar-refractivity contribution in [2.24, 2.45) is 0 Å². The van der Waals surface area contributed by atoms with Gasteiger partial charge in [0.1, 0.15) is 0 Å². The van der Waals surface area contributed by atoms with Gasteiger partial charge in [-0.3, -0.25) is 4.72 Å². The van der Waals surface area contributed by atoms with Crippen molar-refractivity contribution in [1.29, 1.82) is 0 Å². The fourth-order valence-corrected chi connectivity index (χ4v) is 3.90.